The molecule has 2 fully saturated rings. The summed E-state index contributed by atoms with van der Waals surface area (Å²) in [6.45, 7) is 10.6. The van der Waals surface area contributed by atoms with Crippen molar-refractivity contribution >= 4 is 5.96 Å². The number of likely N-dealkylation sites (tertiary alicyclic amines) is 2. The molecule has 140 valence electrons. The van der Waals surface area contributed by atoms with Crippen molar-refractivity contribution in [2.75, 3.05) is 66.2 Å². The number of nitrogens with one attached hydrogen (secondary N) is 1. The van der Waals surface area contributed by atoms with Gasteiger partial charge in [0.15, 0.2) is 5.96 Å². The lowest BCUT2D eigenvalue weighted by Crippen LogP contribution is -2.43. The first-order valence-electron chi connectivity index (χ1n) is 9.70. The van der Waals surface area contributed by atoms with Crippen LogP contribution in [0.15, 0.2) is 4.99 Å². The molecule has 0 saturated carbocycles. The molecule has 1 unspecified atom stereocenters. The highest BCUT2D eigenvalue weighted by Crippen LogP contribution is 2.20. The molecule has 0 amide bonds. The Morgan fingerprint density at radius 3 is 2.54 bits per heavy atom. The van der Waals surface area contributed by atoms with E-state index in [0.29, 0.717) is 25.9 Å². The van der Waals surface area contributed by atoms with E-state index in [0.717, 1.165) is 38.6 Å². The van der Waals surface area contributed by atoms with Crippen LogP contribution in [0, 0.1) is 0 Å². The maximum absolute atomic E-state index is 5.60. The summed E-state index contributed by atoms with van der Waals surface area (Å²) in [5.41, 5.74) is 0. The Morgan fingerprint density at radius 2 is 1.83 bits per heavy atom. The average molecular weight is 341 g/mol. The van der Waals surface area contributed by atoms with Gasteiger partial charge in [-0.05, 0) is 38.8 Å². The Kier molecular flexibility index (Phi) is 9.46. The largest absolute Gasteiger partial charge is 0.379 e. The summed E-state index contributed by atoms with van der Waals surface area (Å²) in [4.78, 5) is 9.47. The molecule has 0 bridgehead atoms. The normalized spacial score (nSPS) is 22.5. The van der Waals surface area contributed by atoms with Gasteiger partial charge in [-0.3, -0.25) is 9.89 Å². The summed E-state index contributed by atoms with van der Waals surface area (Å²) in [6.07, 6.45) is 6.30. The van der Waals surface area contributed by atoms with Gasteiger partial charge in [0.1, 0.15) is 0 Å². The first-order chi connectivity index (χ1) is 11.8. The highest BCUT2D eigenvalue weighted by molar-refractivity contribution is 5.80. The van der Waals surface area contributed by atoms with Crippen molar-refractivity contribution in [3.63, 3.8) is 0 Å². The van der Waals surface area contributed by atoms with Crippen LogP contribution in [0.1, 0.15) is 39.0 Å². The van der Waals surface area contributed by atoms with Crippen LogP contribution >= 0.6 is 0 Å². The van der Waals surface area contributed by atoms with Crippen LogP contribution in [0.3, 0.4) is 0 Å². The van der Waals surface area contributed by atoms with Crippen molar-refractivity contribution in [1.82, 2.24) is 15.1 Å². The molecule has 0 spiro atoms. The Labute approximate surface area is 147 Å². The molecule has 6 nitrogen and oxygen atoms in total. The zero-order valence-corrected chi connectivity index (χ0v) is 15.6. The van der Waals surface area contributed by atoms with Crippen molar-refractivity contribution in [3.05, 3.63) is 0 Å². The summed E-state index contributed by atoms with van der Waals surface area (Å²) < 4.78 is 11.1. The first-order valence-corrected chi connectivity index (χ1v) is 9.70. The SMILES string of the molecule is CCCCOCCOCCNC(=NC)N1CCC(N2CCCC2)C1. The number of rotatable bonds is 10. The van der Waals surface area contributed by atoms with Crippen LogP contribution in [0.2, 0.25) is 0 Å². The van der Waals surface area contributed by atoms with Crippen molar-refractivity contribution < 1.29 is 9.47 Å². The number of hydrogen-bond donors (Lipinski definition) is 1. The van der Waals surface area contributed by atoms with Gasteiger partial charge in [0.2, 0.25) is 0 Å². The van der Waals surface area contributed by atoms with E-state index in [1.807, 2.05) is 7.05 Å². The molecule has 1 N–H and O–H groups in total. The van der Waals surface area contributed by atoms with Crippen molar-refractivity contribution in [1.29, 1.82) is 0 Å². The lowest BCUT2D eigenvalue weighted by Gasteiger charge is -2.25. The van der Waals surface area contributed by atoms with Crippen molar-refractivity contribution in [2.24, 2.45) is 4.99 Å². The van der Waals surface area contributed by atoms with E-state index in [1.54, 1.807) is 0 Å². The second-order valence-electron chi connectivity index (χ2n) is 6.68. The smallest absolute Gasteiger partial charge is 0.193 e. The van der Waals surface area contributed by atoms with E-state index in [-0.39, 0.29) is 0 Å². The third-order valence-electron chi connectivity index (χ3n) is 4.88. The van der Waals surface area contributed by atoms with Gasteiger partial charge >= 0.3 is 0 Å². The molecule has 6 heteroatoms. The predicted octanol–water partition coefficient (Wildman–Crippen LogP) is 1.57. The van der Waals surface area contributed by atoms with Gasteiger partial charge in [0.25, 0.3) is 0 Å². The maximum atomic E-state index is 5.60. The van der Waals surface area contributed by atoms with Gasteiger partial charge in [-0.2, -0.15) is 0 Å². The molecule has 2 rings (SSSR count). The molecule has 1 atom stereocenters. The second kappa shape index (κ2) is 11.7. The number of aliphatic imine (C=N–C) groups is 1. The number of guanidine groups is 1. The Balaban J connectivity index is 1.53. The minimum atomic E-state index is 0.671. The molecular weight excluding hydrogens is 304 g/mol. The van der Waals surface area contributed by atoms with Gasteiger partial charge in [0, 0.05) is 39.3 Å². The standard InChI is InChI=1S/C18H36N4O2/c1-3-4-12-23-14-15-24-13-8-20-18(19-2)22-11-7-17(16-22)21-9-5-6-10-21/h17H,3-16H2,1-2H3,(H,19,20). The average Bonchev–Trinajstić information content (AvgIpc) is 3.28. The fourth-order valence-corrected chi connectivity index (χ4v) is 3.47. The van der Waals surface area contributed by atoms with Crippen LogP contribution in [-0.4, -0.2) is 88.0 Å². The molecule has 0 aromatic carbocycles. The summed E-state index contributed by atoms with van der Waals surface area (Å²) >= 11 is 0. The van der Waals surface area contributed by atoms with E-state index in [1.165, 1.54) is 38.8 Å². The minimum Gasteiger partial charge on any atom is -0.379 e. The topological polar surface area (TPSA) is 49.3 Å². The molecule has 0 radical (unpaired) electrons. The molecule has 2 aliphatic heterocycles. The summed E-state index contributed by atoms with van der Waals surface area (Å²) in [5.74, 6) is 1.01. The van der Waals surface area contributed by atoms with Gasteiger partial charge in [-0.25, -0.2) is 0 Å². The number of ether oxygens (including phenoxy) is 2. The van der Waals surface area contributed by atoms with E-state index < -0.39 is 0 Å². The Morgan fingerprint density at radius 1 is 1.08 bits per heavy atom. The third kappa shape index (κ3) is 6.57. The van der Waals surface area contributed by atoms with Crippen LogP contribution in [0.4, 0.5) is 0 Å². The van der Waals surface area contributed by atoms with Crippen LogP contribution in [0.25, 0.3) is 0 Å². The molecule has 0 aromatic rings. The molecular formula is C18H36N4O2. The molecule has 24 heavy (non-hydrogen) atoms. The highest BCUT2D eigenvalue weighted by atomic mass is 16.5. The molecule has 2 aliphatic rings. The summed E-state index contributed by atoms with van der Waals surface area (Å²) in [6, 6.07) is 0.711. The fourth-order valence-electron chi connectivity index (χ4n) is 3.47. The fraction of sp³-hybridized carbons (Fsp3) is 0.944. The van der Waals surface area contributed by atoms with E-state index in [2.05, 4.69) is 27.0 Å². The van der Waals surface area contributed by atoms with Gasteiger partial charge < -0.3 is 19.7 Å². The van der Waals surface area contributed by atoms with Crippen molar-refractivity contribution in [2.45, 2.75) is 45.1 Å². The Bertz CT molecular complexity index is 359. The van der Waals surface area contributed by atoms with Crippen LogP contribution in [0.5, 0.6) is 0 Å². The predicted molar refractivity (Wildman–Crippen MR) is 98.7 cm³/mol. The number of hydrogen-bond acceptors (Lipinski definition) is 4. The lowest BCUT2D eigenvalue weighted by atomic mass is 10.2. The van der Waals surface area contributed by atoms with Crippen molar-refractivity contribution in [3.8, 4) is 0 Å². The summed E-state index contributed by atoms with van der Waals surface area (Å²) in [5, 5.41) is 3.43. The van der Waals surface area contributed by atoms with E-state index >= 15 is 0 Å². The first kappa shape index (κ1) is 19.5. The van der Waals surface area contributed by atoms with Gasteiger partial charge in [0.05, 0.1) is 19.8 Å². The van der Waals surface area contributed by atoms with E-state index in [9.17, 15) is 0 Å². The third-order valence-corrected chi connectivity index (χ3v) is 4.88. The van der Waals surface area contributed by atoms with Gasteiger partial charge in [-0.1, -0.05) is 13.3 Å². The molecule has 0 aliphatic carbocycles. The number of unbranched alkanes of at least 4 members (excludes halogenated alkanes) is 1. The number of nitrogens with zero attached hydrogens (tertiary/aromatic N) is 3. The lowest BCUT2D eigenvalue weighted by molar-refractivity contribution is 0.0486. The Hall–Kier alpha value is -0.850. The summed E-state index contributed by atoms with van der Waals surface area (Å²) in [7, 11) is 1.87. The van der Waals surface area contributed by atoms with Crippen LogP contribution < -0.4 is 5.32 Å². The van der Waals surface area contributed by atoms with Gasteiger partial charge in [-0.15, -0.1) is 0 Å². The zero-order valence-electron chi connectivity index (χ0n) is 15.6. The maximum Gasteiger partial charge on any atom is 0.193 e. The quantitative estimate of drug-likeness (QED) is 0.372. The zero-order chi connectivity index (χ0) is 17.0. The molecule has 2 saturated heterocycles. The molecule has 2 heterocycles. The van der Waals surface area contributed by atoms with Crippen LogP contribution in [-0.2, 0) is 9.47 Å². The monoisotopic (exact) mass is 340 g/mol. The molecule has 0 aromatic heterocycles. The minimum absolute atomic E-state index is 0.671. The highest BCUT2D eigenvalue weighted by Gasteiger charge is 2.30. The second-order valence-corrected chi connectivity index (χ2v) is 6.68. The van der Waals surface area contributed by atoms with E-state index in [4.69, 9.17) is 9.47 Å².